The Bertz CT molecular complexity index is 612. The van der Waals surface area contributed by atoms with Crippen molar-refractivity contribution >= 4 is 38.9 Å². The van der Waals surface area contributed by atoms with Gasteiger partial charge in [0.2, 0.25) is 5.91 Å². The van der Waals surface area contributed by atoms with Crippen LogP contribution < -0.4 is 5.32 Å². The minimum Gasteiger partial charge on any atom is -0.325 e. The molecule has 1 aromatic heterocycles. The topological polar surface area (TPSA) is 32.3 Å². The molecule has 1 N–H and O–H groups in total. The Kier molecular flexibility index (Phi) is 5.96. The summed E-state index contributed by atoms with van der Waals surface area (Å²) in [5, 5.41) is 2.95. The van der Waals surface area contributed by atoms with E-state index in [-0.39, 0.29) is 5.91 Å². The number of halogens is 1. The zero-order chi connectivity index (χ0) is 15.2. The van der Waals surface area contributed by atoms with Crippen molar-refractivity contribution in [2.24, 2.45) is 0 Å². The molecule has 0 unspecified atom stereocenters. The van der Waals surface area contributed by atoms with E-state index < -0.39 is 0 Å². The van der Waals surface area contributed by atoms with Gasteiger partial charge < -0.3 is 5.32 Å². The summed E-state index contributed by atoms with van der Waals surface area (Å²) in [7, 11) is 1.95. The van der Waals surface area contributed by atoms with E-state index in [1.54, 1.807) is 11.3 Å². The number of hydrogen-bond donors (Lipinski definition) is 1. The average molecular weight is 367 g/mol. The standard InChI is InChI=1S/C16H19BrN2OS/c1-3-12-5-4-6-13(9-12)18-16(20)11-19(2)10-14-7-8-15(17)21-14/h4-9H,3,10-11H2,1-2H3,(H,18,20). The highest BCUT2D eigenvalue weighted by Gasteiger charge is 2.09. The van der Waals surface area contributed by atoms with Gasteiger partial charge in [0, 0.05) is 17.1 Å². The molecular weight excluding hydrogens is 348 g/mol. The zero-order valence-electron chi connectivity index (χ0n) is 12.2. The van der Waals surface area contributed by atoms with Crippen LogP contribution in [0.1, 0.15) is 17.4 Å². The van der Waals surface area contributed by atoms with E-state index in [0.717, 1.165) is 22.4 Å². The van der Waals surface area contributed by atoms with Crippen LogP contribution >= 0.6 is 27.3 Å². The summed E-state index contributed by atoms with van der Waals surface area (Å²) in [6.45, 7) is 3.26. The maximum absolute atomic E-state index is 12.1. The van der Waals surface area contributed by atoms with Crippen LogP contribution in [0.4, 0.5) is 5.69 Å². The second-order valence-electron chi connectivity index (χ2n) is 4.98. The Morgan fingerprint density at radius 2 is 2.14 bits per heavy atom. The summed E-state index contributed by atoms with van der Waals surface area (Å²) < 4.78 is 1.12. The maximum atomic E-state index is 12.1. The van der Waals surface area contributed by atoms with Gasteiger partial charge in [0.15, 0.2) is 0 Å². The summed E-state index contributed by atoms with van der Waals surface area (Å²) in [5.74, 6) is 0.0152. The van der Waals surface area contributed by atoms with Gasteiger partial charge in [0.1, 0.15) is 0 Å². The fourth-order valence-electron chi connectivity index (χ4n) is 2.07. The van der Waals surface area contributed by atoms with E-state index in [9.17, 15) is 4.79 Å². The Morgan fingerprint density at radius 1 is 1.33 bits per heavy atom. The fourth-order valence-corrected chi connectivity index (χ4v) is 3.64. The fraction of sp³-hybridized carbons (Fsp3) is 0.312. The van der Waals surface area contributed by atoms with Crippen LogP contribution in [-0.2, 0) is 17.8 Å². The van der Waals surface area contributed by atoms with Crippen molar-refractivity contribution < 1.29 is 4.79 Å². The zero-order valence-corrected chi connectivity index (χ0v) is 14.6. The number of aryl methyl sites for hydroxylation is 1. The lowest BCUT2D eigenvalue weighted by Crippen LogP contribution is -2.29. The van der Waals surface area contributed by atoms with E-state index in [0.29, 0.717) is 6.54 Å². The van der Waals surface area contributed by atoms with Gasteiger partial charge in [-0.3, -0.25) is 9.69 Å². The van der Waals surface area contributed by atoms with E-state index in [4.69, 9.17) is 0 Å². The Morgan fingerprint density at radius 3 is 2.81 bits per heavy atom. The first-order chi connectivity index (χ1) is 10.1. The van der Waals surface area contributed by atoms with Crippen LogP contribution in [0.3, 0.4) is 0 Å². The van der Waals surface area contributed by atoms with E-state index in [2.05, 4.69) is 40.3 Å². The summed E-state index contributed by atoms with van der Waals surface area (Å²) in [4.78, 5) is 15.3. The second kappa shape index (κ2) is 7.73. The molecule has 3 nitrogen and oxygen atoms in total. The van der Waals surface area contributed by atoms with Crippen molar-refractivity contribution in [2.75, 3.05) is 18.9 Å². The lowest BCUT2D eigenvalue weighted by atomic mass is 10.1. The van der Waals surface area contributed by atoms with Gasteiger partial charge in [0.05, 0.1) is 10.3 Å². The maximum Gasteiger partial charge on any atom is 0.238 e. The van der Waals surface area contributed by atoms with Gasteiger partial charge >= 0.3 is 0 Å². The number of rotatable bonds is 6. The summed E-state index contributed by atoms with van der Waals surface area (Å²) in [6, 6.07) is 12.1. The number of nitrogens with one attached hydrogen (secondary N) is 1. The van der Waals surface area contributed by atoms with Gasteiger partial charge in [-0.1, -0.05) is 19.1 Å². The number of hydrogen-bond acceptors (Lipinski definition) is 3. The lowest BCUT2D eigenvalue weighted by molar-refractivity contribution is -0.117. The predicted molar refractivity (Wildman–Crippen MR) is 92.8 cm³/mol. The quantitative estimate of drug-likeness (QED) is 0.832. The lowest BCUT2D eigenvalue weighted by Gasteiger charge is -2.15. The molecule has 0 aliphatic rings. The molecule has 2 aromatic rings. The number of thiophene rings is 1. The number of amides is 1. The van der Waals surface area contributed by atoms with Gasteiger partial charge in [-0.2, -0.15) is 0 Å². The van der Waals surface area contributed by atoms with Crippen LogP contribution in [-0.4, -0.2) is 24.4 Å². The molecule has 0 saturated heterocycles. The molecule has 0 saturated carbocycles. The number of anilines is 1. The molecule has 0 atom stereocenters. The molecule has 1 amide bonds. The van der Waals surface area contributed by atoms with Gasteiger partial charge in [0.25, 0.3) is 0 Å². The Hall–Kier alpha value is -1.17. The SMILES string of the molecule is CCc1cccc(NC(=O)CN(C)Cc2ccc(Br)s2)c1. The molecule has 1 heterocycles. The number of carbonyl (C=O) groups is 1. The van der Waals surface area contributed by atoms with Crippen molar-refractivity contribution in [2.45, 2.75) is 19.9 Å². The minimum absolute atomic E-state index is 0.0152. The van der Waals surface area contributed by atoms with E-state index in [1.165, 1.54) is 10.4 Å². The summed E-state index contributed by atoms with van der Waals surface area (Å²) >= 11 is 5.15. The molecular formula is C16H19BrN2OS. The van der Waals surface area contributed by atoms with Gasteiger partial charge in [-0.05, 0) is 59.2 Å². The summed E-state index contributed by atoms with van der Waals surface area (Å²) in [6.07, 6.45) is 0.969. The van der Waals surface area contributed by atoms with Crippen LogP contribution in [0.15, 0.2) is 40.2 Å². The number of carbonyl (C=O) groups excluding carboxylic acids is 1. The van der Waals surface area contributed by atoms with Crippen molar-refractivity contribution in [1.82, 2.24) is 4.90 Å². The van der Waals surface area contributed by atoms with Gasteiger partial charge in [-0.15, -0.1) is 11.3 Å². The van der Waals surface area contributed by atoms with Crippen molar-refractivity contribution in [3.63, 3.8) is 0 Å². The smallest absolute Gasteiger partial charge is 0.238 e. The number of nitrogens with zero attached hydrogens (tertiary/aromatic N) is 1. The molecule has 0 spiro atoms. The molecule has 112 valence electrons. The number of benzene rings is 1. The third kappa shape index (κ3) is 5.26. The highest BCUT2D eigenvalue weighted by molar-refractivity contribution is 9.11. The third-order valence-corrected chi connectivity index (χ3v) is 4.70. The molecule has 0 radical (unpaired) electrons. The second-order valence-corrected chi connectivity index (χ2v) is 7.53. The monoisotopic (exact) mass is 366 g/mol. The van der Waals surface area contributed by atoms with Crippen molar-refractivity contribution in [3.05, 3.63) is 50.6 Å². The molecule has 0 aliphatic heterocycles. The largest absolute Gasteiger partial charge is 0.325 e. The predicted octanol–water partition coefficient (Wildman–Crippen LogP) is 4.14. The van der Waals surface area contributed by atoms with Crippen LogP contribution in [0.2, 0.25) is 0 Å². The van der Waals surface area contributed by atoms with E-state index in [1.807, 2.05) is 36.2 Å². The Labute approximate surface area is 138 Å². The molecule has 0 fully saturated rings. The highest BCUT2D eigenvalue weighted by Crippen LogP contribution is 2.22. The normalized spacial score (nSPS) is 10.9. The molecule has 2 rings (SSSR count). The van der Waals surface area contributed by atoms with Crippen LogP contribution in [0.25, 0.3) is 0 Å². The highest BCUT2D eigenvalue weighted by atomic mass is 79.9. The first kappa shape index (κ1) is 16.2. The summed E-state index contributed by atoms with van der Waals surface area (Å²) in [5.41, 5.74) is 2.09. The first-order valence-electron chi connectivity index (χ1n) is 6.88. The van der Waals surface area contributed by atoms with E-state index >= 15 is 0 Å². The number of likely N-dealkylation sites (N-methyl/N-ethyl adjacent to an activating group) is 1. The van der Waals surface area contributed by atoms with Crippen molar-refractivity contribution in [3.8, 4) is 0 Å². The molecule has 21 heavy (non-hydrogen) atoms. The average Bonchev–Trinajstić information content (AvgIpc) is 2.83. The first-order valence-corrected chi connectivity index (χ1v) is 8.49. The molecule has 5 heteroatoms. The van der Waals surface area contributed by atoms with Crippen LogP contribution in [0.5, 0.6) is 0 Å². The molecule has 0 bridgehead atoms. The molecule has 1 aromatic carbocycles. The molecule has 0 aliphatic carbocycles. The minimum atomic E-state index is 0.0152. The third-order valence-electron chi connectivity index (χ3n) is 3.09. The van der Waals surface area contributed by atoms with Crippen molar-refractivity contribution in [1.29, 1.82) is 0 Å². The van der Waals surface area contributed by atoms with Crippen LogP contribution in [0, 0.1) is 0 Å². The Balaban J connectivity index is 1.85. The van der Waals surface area contributed by atoms with Gasteiger partial charge in [-0.25, -0.2) is 0 Å².